The van der Waals surface area contributed by atoms with Gasteiger partial charge in [0.2, 0.25) is 0 Å². The van der Waals surface area contributed by atoms with Crippen LogP contribution in [0.5, 0.6) is 0 Å². The zero-order chi connectivity index (χ0) is 15.1. The first-order valence-electron chi connectivity index (χ1n) is 5.92. The van der Waals surface area contributed by atoms with Crippen LogP contribution in [0.2, 0.25) is 5.02 Å². The summed E-state index contributed by atoms with van der Waals surface area (Å²) < 4.78 is 13.4. The zero-order valence-electron chi connectivity index (χ0n) is 10.6. The van der Waals surface area contributed by atoms with Crippen LogP contribution in [-0.4, -0.2) is 28.1 Å². The minimum absolute atomic E-state index is 0.0313. The van der Waals surface area contributed by atoms with Crippen molar-refractivity contribution < 1.29 is 19.2 Å². The Morgan fingerprint density at radius 3 is 2.80 bits per heavy atom. The number of anilines is 1. The van der Waals surface area contributed by atoms with Crippen LogP contribution < -0.4 is 4.90 Å². The number of carboxylic acid groups (broad SMARTS) is 1. The summed E-state index contributed by atoms with van der Waals surface area (Å²) >= 11 is 5.67. The van der Waals surface area contributed by atoms with E-state index in [1.807, 2.05) is 0 Å². The molecule has 6 nitrogen and oxygen atoms in total. The summed E-state index contributed by atoms with van der Waals surface area (Å²) in [4.78, 5) is 23.1. The third kappa shape index (κ3) is 2.18. The van der Waals surface area contributed by atoms with Gasteiger partial charge in [-0.1, -0.05) is 11.6 Å². The Labute approximate surface area is 118 Å². The van der Waals surface area contributed by atoms with E-state index in [0.717, 1.165) is 12.1 Å². The molecule has 108 valence electrons. The average molecular weight is 303 g/mol. The van der Waals surface area contributed by atoms with Crippen LogP contribution in [0.1, 0.15) is 19.8 Å². The van der Waals surface area contributed by atoms with Crippen molar-refractivity contribution in [3.8, 4) is 0 Å². The third-order valence-corrected chi connectivity index (χ3v) is 3.90. The summed E-state index contributed by atoms with van der Waals surface area (Å²) in [5, 5.41) is 20.1. The lowest BCUT2D eigenvalue weighted by atomic mass is 9.98. The first kappa shape index (κ1) is 14.5. The van der Waals surface area contributed by atoms with Crippen LogP contribution >= 0.6 is 11.6 Å². The van der Waals surface area contributed by atoms with Crippen molar-refractivity contribution in [2.75, 3.05) is 11.4 Å². The molecule has 1 saturated heterocycles. The molecule has 1 aliphatic rings. The molecule has 2 rings (SSSR count). The lowest BCUT2D eigenvalue weighted by Crippen LogP contribution is -2.48. The number of nitro benzene ring substituents is 1. The molecule has 1 aromatic carbocycles. The van der Waals surface area contributed by atoms with E-state index >= 15 is 0 Å². The van der Waals surface area contributed by atoms with E-state index in [1.54, 1.807) is 0 Å². The van der Waals surface area contributed by atoms with Gasteiger partial charge in [-0.15, -0.1) is 0 Å². The molecule has 1 fully saturated rings. The molecule has 20 heavy (non-hydrogen) atoms. The van der Waals surface area contributed by atoms with Gasteiger partial charge in [0.1, 0.15) is 17.0 Å². The first-order valence-corrected chi connectivity index (χ1v) is 6.29. The number of nitro groups is 1. The predicted octanol–water partition coefficient (Wildman–Crippen LogP) is 2.83. The monoisotopic (exact) mass is 302 g/mol. The SMILES string of the molecule is CC1(C(=O)O)CCCN1c1cc(Cl)c(F)cc1[N+](=O)[O-]. The molecule has 0 saturated carbocycles. The van der Waals surface area contributed by atoms with Crippen molar-refractivity contribution >= 4 is 28.9 Å². The summed E-state index contributed by atoms with van der Waals surface area (Å²) in [6.45, 7) is 1.83. The van der Waals surface area contributed by atoms with Gasteiger partial charge in [-0.2, -0.15) is 0 Å². The normalized spacial score (nSPS) is 22.1. The molecule has 1 aliphatic heterocycles. The standard InChI is InChI=1S/C12H12ClFN2O4/c1-12(11(17)18)3-2-4-15(12)9-5-7(13)8(14)6-10(9)16(19)20/h5-6H,2-4H2,1H3,(H,17,18). The molecular weight excluding hydrogens is 291 g/mol. The van der Waals surface area contributed by atoms with Gasteiger partial charge in [-0.25, -0.2) is 9.18 Å². The van der Waals surface area contributed by atoms with Crippen molar-refractivity contribution in [1.82, 2.24) is 0 Å². The number of aliphatic carboxylic acids is 1. The number of nitrogens with zero attached hydrogens (tertiary/aromatic N) is 2. The molecule has 0 spiro atoms. The van der Waals surface area contributed by atoms with E-state index < -0.39 is 27.9 Å². The van der Waals surface area contributed by atoms with E-state index in [-0.39, 0.29) is 10.7 Å². The number of carbonyl (C=O) groups is 1. The highest BCUT2D eigenvalue weighted by molar-refractivity contribution is 6.31. The van der Waals surface area contributed by atoms with Crippen molar-refractivity contribution in [1.29, 1.82) is 0 Å². The van der Waals surface area contributed by atoms with Crippen molar-refractivity contribution in [3.63, 3.8) is 0 Å². The maximum atomic E-state index is 13.4. The van der Waals surface area contributed by atoms with Gasteiger partial charge in [0.15, 0.2) is 0 Å². The summed E-state index contributed by atoms with van der Waals surface area (Å²) in [6, 6.07) is 1.83. The van der Waals surface area contributed by atoms with Gasteiger partial charge in [0, 0.05) is 6.54 Å². The second kappa shape index (κ2) is 4.90. The summed E-state index contributed by atoms with van der Waals surface area (Å²) in [5.41, 5.74) is -1.71. The Hall–Kier alpha value is -1.89. The van der Waals surface area contributed by atoms with E-state index in [1.165, 1.54) is 11.8 Å². The zero-order valence-corrected chi connectivity index (χ0v) is 11.4. The Balaban J connectivity index is 2.60. The second-order valence-electron chi connectivity index (χ2n) is 4.85. The highest BCUT2D eigenvalue weighted by Crippen LogP contribution is 2.41. The molecule has 1 aromatic rings. The molecule has 0 bridgehead atoms. The minimum Gasteiger partial charge on any atom is -0.480 e. The molecule has 1 heterocycles. The maximum Gasteiger partial charge on any atom is 0.329 e. The van der Waals surface area contributed by atoms with Gasteiger partial charge in [-0.3, -0.25) is 10.1 Å². The van der Waals surface area contributed by atoms with Crippen molar-refractivity contribution in [3.05, 3.63) is 33.1 Å². The van der Waals surface area contributed by atoms with Crippen molar-refractivity contribution in [2.45, 2.75) is 25.3 Å². The molecule has 1 atom stereocenters. The molecule has 1 N–H and O–H groups in total. The van der Waals surface area contributed by atoms with Crippen LogP contribution in [-0.2, 0) is 4.79 Å². The van der Waals surface area contributed by atoms with Crippen LogP contribution in [0.25, 0.3) is 0 Å². The Kier molecular flexibility index (Phi) is 3.56. The predicted molar refractivity (Wildman–Crippen MR) is 70.7 cm³/mol. The Bertz CT molecular complexity index is 595. The maximum absolute atomic E-state index is 13.4. The van der Waals surface area contributed by atoms with Crippen LogP contribution in [0.15, 0.2) is 12.1 Å². The fourth-order valence-corrected chi connectivity index (χ4v) is 2.62. The molecule has 1 unspecified atom stereocenters. The van der Waals surface area contributed by atoms with Crippen LogP contribution in [0.4, 0.5) is 15.8 Å². The molecule has 8 heteroatoms. The summed E-state index contributed by atoms with van der Waals surface area (Å²) in [5.74, 6) is -1.98. The Morgan fingerprint density at radius 2 is 2.25 bits per heavy atom. The second-order valence-corrected chi connectivity index (χ2v) is 5.25. The van der Waals surface area contributed by atoms with Gasteiger partial charge >= 0.3 is 5.97 Å². The molecule has 0 amide bonds. The molecule has 0 aliphatic carbocycles. The lowest BCUT2D eigenvalue weighted by Gasteiger charge is -2.32. The number of carboxylic acids is 1. The van der Waals surface area contributed by atoms with Gasteiger partial charge in [-0.05, 0) is 25.8 Å². The highest BCUT2D eigenvalue weighted by Gasteiger charge is 2.45. The fourth-order valence-electron chi connectivity index (χ4n) is 2.46. The highest BCUT2D eigenvalue weighted by atomic mass is 35.5. The van der Waals surface area contributed by atoms with E-state index in [4.69, 9.17) is 11.6 Å². The number of halogens is 2. The molecule has 0 aromatic heterocycles. The largest absolute Gasteiger partial charge is 0.480 e. The Morgan fingerprint density at radius 1 is 1.60 bits per heavy atom. The van der Waals surface area contributed by atoms with Crippen LogP contribution in [0, 0.1) is 15.9 Å². The minimum atomic E-state index is -1.26. The van der Waals surface area contributed by atoms with E-state index in [9.17, 15) is 24.4 Å². The number of hydrogen-bond donors (Lipinski definition) is 1. The van der Waals surface area contributed by atoms with E-state index in [2.05, 4.69) is 0 Å². The van der Waals surface area contributed by atoms with E-state index in [0.29, 0.717) is 19.4 Å². The quantitative estimate of drug-likeness (QED) is 0.685. The summed E-state index contributed by atoms with van der Waals surface area (Å²) in [7, 11) is 0. The van der Waals surface area contributed by atoms with Gasteiger partial charge in [0.05, 0.1) is 16.0 Å². The first-order chi connectivity index (χ1) is 9.27. The smallest absolute Gasteiger partial charge is 0.329 e. The number of hydrogen-bond acceptors (Lipinski definition) is 4. The number of benzene rings is 1. The van der Waals surface area contributed by atoms with Gasteiger partial charge in [0.25, 0.3) is 5.69 Å². The molecular formula is C12H12ClFN2O4. The average Bonchev–Trinajstić information content (AvgIpc) is 2.75. The topological polar surface area (TPSA) is 83.7 Å². The summed E-state index contributed by atoms with van der Waals surface area (Å²) in [6.07, 6.45) is 0.934. The van der Waals surface area contributed by atoms with Crippen LogP contribution in [0.3, 0.4) is 0 Å². The fraction of sp³-hybridized carbons (Fsp3) is 0.417. The third-order valence-electron chi connectivity index (χ3n) is 3.61. The number of rotatable bonds is 3. The molecule has 0 radical (unpaired) electrons. The van der Waals surface area contributed by atoms with Crippen molar-refractivity contribution in [2.24, 2.45) is 0 Å². The lowest BCUT2D eigenvalue weighted by molar-refractivity contribution is -0.384. The van der Waals surface area contributed by atoms with Gasteiger partial charge < -0.3 is 10.0 Å².